The maximum Gasteiger partial charge on any atom is 0.240 e. The molecule has 0 aromatic heterocycles. The highest BCUT2D eigenvalue weighted by Gasteiger charge is 2.39. The average molecular weight is 242 g/mol. The van der Waals surface area contributed by atoms with E-state index >= 15 is 0 Å². The number of hydrogen-bond acceptors (Lipinski definition) is 3. The van der Waals surface area contributed by atoms with Gasteiger partial charge < -0.3 is 15.7 Å². The molecule has 1 saturated heterocycles. The van der Waals surface area contributed by atoms with Crippen LogP contribution in [0.2, 0.25) is 0 Å². The zero-order chi connectivity index (χ0) is 12.9. The van der Waals surface area contributed by atoms with Gasteiger partial charge in [-0.2, -0.15) is 0 Å². The Morgan fingerprint density at radius 1 is 1.53 bits per heavy atom. The van der Waals surface area contributed by atoms with Crippen molar-refractivity contribution in [3.63, 3.8) is 0 Å². The monoisotopic (exact) mass is 242 g/mol. The summed E-state index contributed by atoms with van der Waals surface area (Å²) in [5, 5.41) is 15.4. The Balaban J connectivity index is 2.62. The molecule has 4 nitrogen and oxygen atoms in total. The SMILES string of the molecule is CCC1(C(=O)NC(CCO)C(C)C)CCCN1. The molecule has 1 fully saturated rings. The van der Waals surface area contributed by atoms with E-state index in [-0.39, 0.29) is 24.1 Å². The van der Waals surface area contributed by atoms with Crippen LogP contribution in [0.15, 0.2) is 0 Å². The van der Waals surface area contributed by atoms with Crippen LogP contribution in [0.25, 0.3) is 0 Å². The van der Waals surface area contributed by atoms with Gasteiger partial charge in [0.2, 0.25) is 5.91 Å². The first kappa shape index (κ1) is 14.5. The normalized spacial score (nSPS) is 26.2. The first-order chi connectivity index (χ1) is 8.05. The zero-order valence-corrected chi connectivity index (χ0v) is 11.3. The standard InChI is InChI=1S/C13H26N2O2/c1-4-13(7-5-8-14-13)12(17)15-11(6-9-16)10(2)3/h10-11,14,16H,4-9H2,1-3H3,(H,15,17). The lowest BCUT2D eigenvalue weighted by Crippen LogP contribution is -2.56. The van der Waals surface area contributed by atoms with Crippen molar-refractivity contribution in [2.45, 2.75) is 58.0 Å². The van der Waals surface area contributed by atoms with E-state index < -0.39 is 0 Å². The second-order valence-corrected chi connectivity index (χ2v) is 5.30. The number of rotatable bonds is 6. The van der Waals surface area contributed by atoms with Crippen molar-refractivity contribution in [2.24, 2.45) is 5.92 Å². The van der Waals surface area contributed by atoms with Crippen molar-refractivity contribution in [2.75, 3.05) is 13.2 Å². The predicted octanol–water partition coefficient (Wildman–Crippen LogP) is 1.04. The molecule has 100 valence electrons. The minimum Gasteiger partial charge on any atom is -0.396 e. The van der Waals surface area contributed by atoms with E-state index in [1.54, 1.807) is 0 Å². The van der Waals surface area contributed by atoms with Gasteiger partial charge in [0.15, 0.2) is 0 Å². The average Bonchev–Trinajstić information content (AvgIpc) is 2.78. The smallest absolute Gasteiger partial charge is 0.240 e. The second-order valence-electron chi connectivity index (χ2n) is 5.30. The fourth-order valence-electron chi connectivity index (χ4n) is 2.48. The summed E-state index contributed by atoms with van der Waals surface area (Å²) in [4.78, 5) is 12.3. The third-order valence-electron chi connectivity index (χ3n) is 3.84. The van der Waals surface area contributed by atoms with E-state index in [0.29, 0.717) is 12.3 Å². The first-order valence-corrected chi connectivity index (χ1v) is 6.72. The van der Waals surface area contributed by atoms with Gasteiger partial charge in [0.1, 0.15) is 0 Å². The molecule has 0 spiro atoms. The summed E-state index contributed by atoms with van der Waals surface area (Å²) in [6.45, 7) is 7.24. The third kappa shape index (κ3) is 3.42. The predicted molar refractivity (Wildman–Crippen MR) is 68.7 cm³/mol. The van der Waals surface area contributed by atoms with Gasteiger partial charge in [-0.15, -0.1) is 0 Å². The Hall–Kier alpha value is -0.610. The van der Waals surface area contributed by atoms with Gasteiger partial charge in [-0.1, -0.05) is 20.8 Å². The molecule has 1 aliphatic heterocycles. The molecule has 1 amide bonds. The first-order valence-electron chi connectivity index (χ1n) is 6.72. The van der Waals surface area contributed by atoms with E-state index in [9.17, 15) is 4.79 Å². The van der Waals surface area contributed by atoms with Crippen molar-refractivity contribution in [3.05, 3.63) is 0 Å². The van der Waals surface area contributed by atoms with Crippen LogP contribution < -0.4 is 10.6 Å². The molecular weight excluding hydrogens is 216 g/mol. The Morgan fingerprint density at radius 2 is 2.24 bits per heavy atom. The molecule has 0 radical (unpaired) electrons. The van der Waals surface area contributed by atoms with Crippen molar-refractivity contribution in [3.8, 4) is 0 Å². The van der Waals surface area contributed by atoms with Crippen LogP contribution in [0, 0.1) is 5.92 Å². The number of aliphatic hydroxyl groups excluding tert-OH is 1. The van der Waals surface area contributed by atoms with Crippen LogP contribution in [0.3, 0.4) is 0 Å². The van der Waals surface area contributed by atoms with E-state index in [0.717, 1.165) is 25.8 Å². The largest absolute Gasteiger partial charge is 0.396 e. The van der Waals surface area contributed by atoms with Crippen molar-refractivity contribution < 1.29 is 9.90 Å². The Bertz CT molecular complexity index is 248. The highest BCUT2D eigenvalue weighted by Crippen LogP contribution is 2.23. The van der Waals surface area contributed by atoms with Crippen LogP contribution in [0.1, 0.15) is 46.5 Å². The summed E-state index contributed by atoms with van der Waals surface area (Å²) < 4.78 is 0. The topological polar surface area (TPSA) is 61.4 Å². The molecule has 17 heavy (non-hydrogen) atoms. The Labute approximate surface area is 104 Å². The fourth-order valence-corrected chi connectivity index (χ4v) is 2.48. The quantitative estimate of drug-likeness (QED) is 0.652. The van der Waals surface area contributed by atoms with Crippen molar-refractivity contribution >= 4 is 5.91 Å². The molecule has 1 heterocycles. The van der Waals surface area contributed by atoms with E-state index in [2.05, 4.69) is 24.5 Å². The molecule has 0 saturated carbocycles. The molecule has 3 N–H and O–H groups in total. The maximum absolute atomic E-state index is 12.3. The lowest BCUT2D eigenvalue weighted by atomic mass is 9.91. The second kappa shape index (κ2) is 6.36. The fraction of sp³-hybridized carbons (Fsp3) is 0.923. The molecule has 0 bridgehead atoms. The lowest BCUT2D eigenvalue weighted by Gasteiger charge is -2.31. The van der Waals surface area contributed by atoms with Gasteiger partial charge in [0.25, 0.3) is 0 Å². The molecule has 0 aromatic carbocycles. The van der Waals surface area contributed by atoms with Crippen molar-refractivity contribution in [1.82, 2.24) is 10.6 Å². The lowest BCUT2D eigenvalue weighted by molar-refractivity contribution is -0.128. The number of aliphatic hydroxyl groups is 1. The van der Waals surface area contributed by atoms with Crippen LogP contribution in [0.4, 0.5) is 0 Å². The van der Waals surface area contributed by atoms with Gasteiger partial charge in [-0.3, -0.25) is 4.79 Å². The number of carbonyl (C=O) groups excluding carboxylic acids is 1. The van der Waals surface area contributed by atoms with Gasteiger partial charge >= 0.3 is 0 Å². The third-order valence-corrected chi connectivity index (χ3v) is 3.84. The molecular formula is C13H26N2O2. The van der Waals surface area contributed by atoms with Gasteiger partial charge in [0.05, 0.1) is 5.54 Å². The van der Waals surface area contributed by atoms with Gasteiger partial charge in [-0.05, 0) is 38.1 Å². The minimum atomic E-state index is -0.372. The molecule has 2 atom stereocenters. The summed E-state index contributed by atoms with van der Waals surface area (Å²) in [6, 6.07) is 0.0679. The molecule has 1 aliphatic rings. The molecule has 0 aliphatic carbocycles. The molecule has 0 aromatic rings. The van der Waals surface area contributed by atoms with Gasteiger partial charge in [0, 0.05) is 12.6 Å². The number of carbonyl (C=O) groups is 1. The summed E-state index contributed by atoms with van der Waals surface area (Å²) in [7, 11) is 0. The van der Waals surface area contributed by atoms with Crippen LogP contribution in [-0.4, -0.2) is 35.7 Å². The molecule has 4 heteroatoms. The number of hydrogen-bond donors (Lipinski definition) is 3. The molecule has 2 unspecified atom stereocenters. The van der Waals surface area contributed by atoms with Crippen LogP contribution >= 0.6 is 0 Å². The maximum atomic E-state index is 12.3. The number of amides is 1. The molecule has 1 rings (SSSR count). The van der Waals surface area contributed by atoms with E-state index in [1.165, 1.54) is 0 Å². The summed E-state index contributed by atoms with van der Waals surface area (Å²) in [6.07, 6.45) is 3.43. The number of nitrogens with one attached hydrogen (secondary N) is 2. The summed E-state index contributed by atoms with van der Waals surface area (Å²) in [5.74, 6) is 0.450. The summed E-state index contributed by atoms with van der Waals surface area (Å²) in [5.41, 5.74) is -0.372. The van der Waals surface area contributed by atoms with Crippen LogP contribution in [-0.2, 0) is 4.79 Å². The van der Waals surface area contributed by atoms with Crippen molar-refractivity contribution in [1.29, 1.82) is 0 Å². The van der Waals surface area contributed by atoms with E-state index in [4.69, 9.17) is 5.11 Å². The van der Waals surface area contributed by atoms with Gasteiger partial charge in [-0.25, -0.2) is 0 Å². The highest BCUT2D eigenvalue weighted by molar-refractivity contribution is 5.86. The summed E-state index contributed by atoms with van der Waals surface area (Å²) >= 11 is 0. The minimum absolute atomic E-state index is 0.0679. The Kier molecular flexibility index (Phi) is 5.40. The van der Waals surface area contributed by atoms with E-state index in [1.807, 2.05) is 6.92 Å². The Morgan fingerprint density at radius 3 is 2.65 bits per heavy atom. The van der Waals surface area contributed by atoms with Crippen LogP contribution in [0.5, 0.6) is 0 Å². The zero-order valence-electron chi connectivity index (χ0n) is 11.3. The highest BCUT2D eigenvalue weighted by atomic mass is 16.3.